The molecular weight excluding hydrogens is 462 g/mol. The zero-order chi connectivity index (χ0) is 24.6. The summed E-state index contributed by atoms with van der Waals surface area (Å²) in [5, 5.41) is 14.0. The first kappa shape index (κ1) is 21.6. The number of nitrogens with one attached hydrogen (secondary N) is 3. The molecule has 11 heteroatoms. The van der Waals surface area contributed by atoms with Crippen molar-refractivity contribution in [2.45, 2.75) is 13.0 Å². The number of carbonyl (C=O) groups excluding carboxylic acids is 1. The fourth-order valence-corrected chi connectivity index (χ4v) is 4.19. The minimum absolute atomic E-state index is 0.157. The van der Waals surface area contributed by atoms with E-state index >= 15 is 0 Å². The lowest BCUT2D eigenvalue weighted by molar-refractivity contribution is -0.114. The van der Waals surface area contributed by atoms with Crippen molar-refractivity contribution in [2.24, 2.45) is 0 Å². The summed E-state index contributed by atoms with van der Waals surface area (Å²) in [6.45, 7) is 2.13. The lowest BCUT2D eigenvalue weighted by atomic mass is 10.2. The van der Waals surface area contributed by atoms with Crippen LogP contribution in [-0.4, -0.2) is 49.9 Å². The molecule has 0 fully saturated rings. The molecule has 0 saturated carbocycles. The van der Waals surface area contributed by atoms with Crippen molar-refractivity contribution in [3.8, 4) is 17.2 Å². The summed E-state index contributed by atoms with van der Waals surface area (Å²) >= 11 is 0. The van der Waals surface area contributed by atoms with Crippen LogP contribution in [0.5, 0.6) is 11.5 Å². The van der Waals surface area contributed by atoms with E-state index in [1.165, 1.54) is 13.1 Å². The molecule has 180 valence electrons. The Morgan fingerprint density at radius 3 is 2.83 bits per heavy atom. The van der Waals surface area contributed by atoms with Gasteiger partial charge in [0.05, 0.1) is 34.7 Å². The van der Waals surface area contributed by atoms with Crippen LogP contribution in [0.3, 0.4) is 0 Å². The Labute approximate surface area is 204 Å². The SMILES string of the molecule is CC(=O)Nc1ccc2c(c1)OCC(CNc1ncc3c4[nH]ncc4c(=O)n(-c4ccccc4)c3n1)O2. The highest BCUT2D eigenvalue weighted by Crippen LogP contribution is 2.34. The van der Waals surface area contributed by atoms with Gasteiger partial charge in [0.2, 0.25) is 11.9 Å². The second-order valence-corrected chi connectivity index (χ2v) is 8.34. The van der Waals surface area contributed by atoms with Gasteiger partial charge in [-0.3, -0.25) is 19.3 Å². The summed E-state index contributed by atoms with van der Waals surface area (Å²) < 4.78 is 13.4. The number of H-pyrrole nitrogens is 1. The molecule has 36 heavy (non-hydrogen) atoms. The highest BCUT2D eigenvalue weighted by atomic mass is 16.6. The molecule has 2 aromatic carbocycles. The van der Waals surface area contributed by atoms with E-state index in [0.717, 1.165) is 0 Å². The number of aromatic nitrogens is 5. The number of fused-ring (bicyclic) bond motifs is 4. The largest absolute Gasteiger partial charge is 0.486 e. The van der Waals surface area contributed by atoms with Crippen molar-refractivity contribution in [3.63, 3.8) is 0 Å². The Balaban J connectivity index is 1.27. The molecule has 0 spiro atoms. The van der Waals surface area contributed by atoms with Gasteiger partial charge < -0.3 is 20.1 Å². The fourth-order valence-electron chi connectivity index (χ4n) is 4.19. The number of rotatable bonds is 5. The Morgan fingerprint density at radius 1 is 1.14 bits per heavy atom. The van der Waals surface area contributed by atoms with Crippen LogP contribution >= 0.6 is 0 Å². The molecule has 6 rings (SSSR count). The van der Waals surface area contributed by atoms with Crippen molar-refractivity contribution in [1.82, 2.24) is 24.7 Å². The van der Waals surface area contributed by atoms with E-state index in [0.29, 0.717) is 63.9 Å². The molecule has 1 unspecified atom stereocenters. The number of aromatic amines is 1. The van der Waals surface area contributed by atoms with Crippen molar-refractivity contribution in [2.75, 3.05) is 23.8 Å². The Morgan fingerprint density at radius 2 is 2.00 bits per heavy atom. The summed E-state index contributed by atoms with van der Waals surface area (Å²) in [6, 6.07) is 14.6. The van der Waals surface area contributed by atoms with Gasteiger partial charge in [0.1, 0.15) is 12.7 Å². The molecule has 0 bridgehead atoms. The van der Waals surface area contributed by atoms with Crippen molar-refractivity contribution in [3.05, 3.63) is 71.3 Å². The van der Waals surface area contributed by atoms with Crippen LogP contribution in [0.15, 0.2) is 65.7 Å². The maximum atomic E-state index is 13.3. The predicted molar refractivity (Wildman–Crippen MR) is 134 cm³/mol. The van der Waals surface area contributed by atoms with Gasteiger partial charge in [-0.1, -0.05) is 18.2 Å². The second-order valence-electron chi connectivity index (χ2n) is 8.34. The maximum Gasteiger partial charge on any atom is 0.267 e. The van der Waals surface area contributed by atoms with Crippen molar-refractivity contribution >= 4 is 39.5 Å². The molecule has 11 nitrogen and oxygen atoms in total. The molecule has 0 aliphatic carbocycles. The number of benzene rings is 2. The molecule has 1 aliphatic rings. The van der Waals surface area contributed by atoms with E-state index in [9.17, 15) is 9.59 Å². The normalized spacial score (nSPS) is 14.6. The lowest BCUT2D eigenvalue weighted by Gasteiger charge is -2.27. The topological polar surface area (TPSA) is 136 Å². The Hall–Kier alpha value is -4.93. The van der Waals surface area contributed by atoms with Crippen LogP contribution in [0, 0.1) is 0 Å². The molecule has 1 aliphatic heterocycles. The summed E-state index contributed by atoms with van der Waals surface area (Å²) in [7, 11) is 0. The van der Waals surface area contributed by atoms with Gasteiger partial charge >= 0.3 is 0 Å². The monoisotopic (exact) mass is 483 g/mol. The zero-order valence-corrected chi connectivity index (χ0v) is 19.2. The maximum absolute atomic E-state index is 13.3. The number of para-hydroxylation sites is 1. The van der Waals surface area contributed by atoms with Crippen molar-refractivity contribution in [1.29, 1.82) is 0 Å². The van der Waals surface area contributed by atoms with Crippen LogP contribution in [-0.2, 0) is 4.79 Å². The Kier molecular flexibility index (Phi) is 5.21. The zero-order valence-electron chi connectivity index (χ0n) is 19.2. The first-order valence-corrected chi connectivity index (χ1v) is 11.3. The summed E-state index contributed by atoms with van der Waals surface area (Å²) in [4.78, 5) is 33.7. The third-order valence-corrected chi connectivity index (χ3v) is 5.81. The minimum atomic E-state index is -0.296. The third kappa shape index (κ3) is 3.86. The first-order chi connectivity index (χ1) is 17.6. The number of hydrogen-bond acceptors (Lipinski definition) is 8. The van der Waals surface area contributed by atoms with Gasteiger partial charge in [0.15, 0.2) is 17.1 Å². The van der Waals surface area contributed by atoms with Gasteiger partial charge in [-0.2, -0.15) is 10.1 Å². The second kappa shape index (κ2) is 8.69. The fraction of sp³-hybridized carbons (Fsp3) is 0.160. The number of pyridine rings is 1. The van der Waals surface area contributed by atoms with Crippen LogP contribution in [0.4, 0.5) is 11.6 Å². The van der Waals surface area contributed by atoms with Crippen molar-refractivity contribution < 1.29 is 14.3 Å². The van der Waals surface area contributed by atoms with E-state index in [4.69, 9.17) is 9.47 Å². The molecular formula is C25H21N7O4. The molecule has 0 radical (unpaired) electrons. The van der Waals surface area contributed by atoms with Crippen LogP contribution in [0.1, 0.15) is 6.92 Å². The number of anilines is 2. The quantitative estimate of drug-likeness (QED) is 0.347. The van der Waals surface area contributed by atoms with Crippen LogP contribution in [0.25, 0.3) is 27.6 Å². The van der Waals surface area contributed by atoms with E-state index in [1.807, 2.05) is 30.3 Å². The summed E-state index contributed by atoms with van der Waals surface area (Å²) in [5.74, 6) is 1.34. The minimum Gasteiger partial charge on any atom is -0.486 e. The molecule has 1 atom stereocenters. The van der Waals surface area contributed by atoms with Gasteiger partial charge in [-0.25, -0.2) is 4.98 Å². The number of nitrogens with zero attached hydrogens (tertiary/aromatic N) is 4. The van der Waals surface area contributed by atoms with E-state index < -0.39 is 0 Å². The third-order valence-electron chi connectivity index (χ3n) is 5.81. The van der Waals surface area contributed by atoms with Gasteiger partial charge in [-0.15, -0.1) is 0 Å². The smallest absolute Gasteiger partial charge is 0.267 e. The number of ether oxygens (including phenoxy) is 2. The lowest BCUT2D eigenvalue weighted by Crippen LogP contribution is -2.35. The molecule has 0 saturated heterocycles. The number of hydrogen-bond donors (Lipinski definition) is 3. The summed E-state index contributed by atoms with van der Waals surface area (Å²) in [6.07, 6.45) is 2.89. The highest BCUT2D eigenvalue weighted by Gasteiger charge is 2.22. The predicted octanol–water partition coefficient (Wildman–Crippen LogP) is 2.87. The van der Waals surface area contributed by atoms with Gasteiger partial charge in [0, 0.05) is 24.9 Å². The average molecular weight is 483 g/mol. The standard InChI is InChI=1S/C25H21N7O4/c1-14(33)29-15-7-8-20-21(9-15)35-13-17(36-20)10-26-25-27-11-18-22-19(12-28-31-22)24(34)32(23(18)30-25)16-5-3-2-4-6-16/h2-9,11-12,17H,10,13H2,1H3,(H,28,31)(H,29,33)(H,26,27,30). The Bertz CT molecular complexity index is 1660. The molecule has 1 amide bonds. The molecule has 3 N–H and O–H groups in total. The van der Waals surface area contributed by atoms with E-state index in [2.05, 4.69) is 30.8 Å². The summed E-state index contributed by atoms with van der Waals surface area (Å²) in [5.41, 5.74) is 2.16. The molecule has 4 heterocycles. The van der Waals surface area contributed by atoms with Gasteiger partial charge in [-0.05, 0) is 24.3 Å². The van der Waals surface area contributed by atoms with Crippen LogP contribution in [0.2, 0.25) is 0 Å². The van der Waals surface area contributed by atoms with E-state index in [-0.39, 0.29) is 17.6 Å². The highest BCUT2D eigenvalue weighted by molar-refractivity contribution is 6.02. The van der Waals surface area contributed by atoms with Gasteiger partial charge in [0.25, 0.3) is 5.56 Å². The van der Waals surface area contributed by atoms with E-state index in [1.54, 1.807) is 29.0 Å². The molecule has 5 aromatic rings. The number of amides is 1. The number of carbonyl (C=O) groups is 1. The average Bonchev–Trinajstić information content (AvgIpc) is 3.38. The van der Waals surface area contributed by atoms with Crippen LogP contribution < -0.4 is 25.7 Å². The molecule has 3 aromatic heterocycles. The first-order valence-electron chi connectivity index (χ1n) is 11.3.